The monoisotopic (exact) mass is 429 g/mol. The number of hydrogen-bond donors (Lipinski definition) is 1. The highest BCUT2D eigenvalue weighted by Crippen LogP contribution is 2.34. The number of sulfonamides is 1. The lowest BCUT2D eigenvalue weighted by atomic mass is 10.1. The minimum Gasteiger partial charge on any atom is -0.325 e. The molecule has 0 saturated heterocycles. The highest BCUT2D eigenvalue weighted by Gasteiger charge is 2.31. The summed E-state index contributed by atoms with van der Waals surface area (Å²) in [5.74, 6) is -0.486. The Labute approximate surface area is 177 Å². The summed E-state index contributed by atoms with van der Waals surface area (Å²) in [7, 11) is -2.47. The van der Waals surface area contributed by atoms with Gasteiger partial charge in [-0.1, -0.05) is 6.07 Å². The molecule has 1 heterocycles. The molecule has 0 aliphatic carbocycles. The number of hydrogen-bond acceptors (Lipinski definition) is 4. The molecule has 0 bridgehead atoms. The van der Waals surface area contributed by atoms with Crippen molar-refractivity contribution in [2.45, 2.75) is 45.1 Å². The summed E-state index contributed by atoms with van der Waals surface area (Å²) < 4.78 is 27.0. The Morgan fingerprint density at radius 1 is 1.13 bits per heavy atom. The van der Waals surface area contributed by atoms with Gasteiger partial charge in [-0.25, -0.2) is 8.42 Å². The van der Waals surface area contributed by atoms with E-state index in [1.165, 1.54) is 20.0 Å². The average Bonchev–Trinajstić information content (AvgIpc) is 2.95. The smallest absolute Gasteiger partial charge is 0.243 e. The molecule has 0 saturated carbocycles. The van der Waals surface area contributed by atoms with Crippen LogP contribution in [0.1, 0.15) is 30.5 Å². The zero-order valence-electron chi connectivity index (χ0n) is 17.9. The van der Waals surface area contributed by atoms with Gasteiger partial charge in [0.15, 0.2) is 0 Å². The van der Waals surface area contributed by atoms with Crippen LogP contribution in [0, 0.1) is 13.8 Å². The first-order valence-corrected chi connectivity index (χ1v) is 11.2. The molecule has 0 spiro atoms. The normalized spacial score (nSPS) is 15.9. The summed E-state index contributed by atoms with van der Waals surface area (Å²) in [6.07, 6.45) is 0.592. The highest BCUT2D eigenvalue weighted by molar-refractivity contribution is 7.89. The van der Waals surface area contributed by atoms with Crippen LogP contribution in [-0.4, -0.2) is 44.2 Å². The molecule has 0 aromatic heterocycles. The van der Waals surface area contributed by atoms with Gasteiger partial charge in [0.1, 0.15) is 0 Å². The van der Waals surface area contributed by atoms with Crippen molar-refractivity contribution in [3.05, 3.63) is 53.1 Å². The summed E-state index contributed by atoms with van der Waals surface area (Å²) >= 11 is 0. The Kier molecular flexibility index (Phi) is 6.01. The van der Waals surface area contributed by atoms with Gasteiger partial charge in [0.25, 0.3) is 0 Å². The van der Waals surface area contributed by atoms with E-state index in [4.69, 9.17) is 0 Å². The summed E-state index contributed by atoms with van der Waals surface area (Å²) in [6, 6.07) is 10.4. The Bertz CT molecular complexity index is 1090. The van der Waals surface area contributed by atoms with Crippen LogP contribution in [0.3, 0.4) is 0 Å². The maximum absolute atomic E-state index is 13.0. The van der Waals surface area contributed by atoms with Gasteiger partial charge in [-0.05, 0) is 74.2 Å². The topological polar surface area (TPSA) is 86.8 Å². The van der Waals surface area contributed by atoms with E-state index >= 15 is 0 Å². The predicted molar refractivity (Wildman–Crippen MR) is 117 cm³/mol. The fourth-order valence-corrected chi connectivity index (χ4v) is 5.14. The lowest BCUT2D eigenvalue weighted by Crippen LogP contribution is -2.35. The molecule has 1 aliphatic heterocycles. The number of rotatable bonds is 5. The number of nitrogens with zero attached hydrogens (tertiary/aromatic N) is 2. The number of aryl methyl sites for hydroxylation is 2. The van der Waals surface area contributed by atoms with Gasteiger partial charge in [0.2, 0.25) is 21.8 Å². The number of likely N-dealkylation sites (N-methyl/N-ethyl adjacent to an activating group) is 1. The minimum atomic E-state index is -3.85. The van der Waals surface area contributed by atoms with E-state index in [1.807, 2.05) is 39.0 Å². The quantitative estimate of drug-likeness (QED) is 0.792. The van der Waals surface area contributed by atoms with Crippen LogP contribution in [-0.2, 0) is 26.0 Å². The fourth-order valence-electron chi connectivity index (χ4n) is 3.96. The van der Waals surface area contributed by atoms with E-state index in [9.17, 15) is 18.0 Å². The van der Waals surface area contributed by atoms with Gasteiger partial charge in [-0.2, -0.15) is 4.31 Å². The molecule has 8 heteroatoms. The Hall–Kier alpha value is -2.71. The van der Waals surface area contributed by atoms with E-state index in [-0.39, 0.29) is 23.4 Å². The van der Waals surface area contributed by atoms with Crippen molar-refractivity contribution in [3.63, 3.8) is 0 Å². The van der Waals surface area contributed by atoms with Gasteiger partial charge < -0.3 is 10.2 Å². The molecule has 2 aromatic rings. The lowest BCUT2D eigenvalue weighted by Gasteiger charge is -2.21. The van der Waals surface area contributed by atoms with E-state index in [2.05, 4.69) is 5.32 Å². The van der Waals surface area contributed by atoms with E-state index < -0.39 is 15.9 Å². The molecule has 1 aliphatic rings. The number of anilines is 2. The van der Waals surface area contributed by atoms with Crippen LogP contribution < -0.4 is 10.2 Å². The largest absolute Gasteiger partial charge is 0.325 e. The molecule has 3 rings (SSSR count). The van der Waals surface area contributed by atoms with Crippen LogP contribution >= 0.6 is 0 Å². The maximum Gasteiger partial charge on any atom is 0.243 e. The van der Waals surface area contributed by atoms with Crippen LogP contribution in [0.25, 0.3) is 0 Å². The Morgan fingerprint density at radius 2 is 1.77 bits per heavy atom. The van der Waals surface area contributed by atoms with Crippen molar-refractivity contribution in [2.75, 3.05) is 23.8 Å². The average molecular weight is 430 g/mol. The summed E-state index contributed by atoms with van der Waals surface area (Å²) in [4.78, 5) is 26.1. The maximum atomic E-state index is 13.0. The predicted octanol–water partition coefficient (Wildman–Crippen LogP) is 2.86. The second-order valence-electron chi connectivity index (χ2n) is 7.92. The number of carbonyl (C=O) groups excluding carboxylic acids is 2. The van der Waals surface area contributed by atoms with E-state index in [0.717, 1.165) is 26.7 Å². The van der Waals surface area contributed by atoms with Crippen LogP contribution in [0.5, 0.6) is 0 Å². The van der Waals surface area contributed by atoms with Crippen molar-refractivity contribution in [3.8, 4) is 0 Å². The number of nitrogens with one attached hydrogen (secondary N) is 1. The van der Waals surface area contributed by atoms with Crippen LogP contribution in [0.2, 0.25) is 0 Å². The molecule has 1 N–H and O–H groups in total. The molecule has 2 amide bonds. The lowest BCUT2D eigenvalue weighted by molar-refractivity contribution is -0.117. The molecule has 1 atom stereocenters. The summed E-state index contributed by atoms with van der Waals surface area (Å²) in [5, 5.41) is 2.75. The molecule has 2 aromatic carbocycles. The zero-order chi connectivity index (χ0) is 22.2. The molecule has 30 heavy (non-hydrogen) atoms. The second kappa shape index (κ2) is 8.20. The first kappa shape index (κ1) is 22.0. The number of benzene rings is 2. The SMILES string of the molecule is CC(=O)N1c2ccc(S(=O)(=O)N(C)CC(=O)Nc3cc(C)cc(C)c3)cc2CC1C. The van der Waals surface area contributed by atoms with Crippen LogP contribution in [0.4, 0.5) is 11.4 Å². The Morgan fingerprint density at radius 3 is 2.37 bits per heavy atom. The van der Waals surface area contributed by atoms with Crippen molar-refractivity contribution < 1.29 is 18.0 Å². The summed E-state index contributed by atoms with van der Waals surface area (Å²) in [6.45, 7) is 6.99. The first-order valence-electron chi connectivity index (χ1n) is 9.76. The minimum absolute atomic E-state index is 0.0169. The highest BCUT2D eigenvalue weighted by atomic mass is 32.2. The second-order valence-corrected chi connectivity index (χ2v) is 9.96. The Balaban J connectivity index is 1.76. The van der Waals surface area contributed by atoms with Gasteiger partial charge in [-0.15, -0.1) is 0 Å². The molecule has 0 radical (unpaired) electrons. The van der Waals surface area contributed by atoms with Gasteiger partial charge in [-0.3, -0.25) is 9.59 Å². The standard InChI is InChI=1S/C22H27N3O4S/c1-14-8-15(2)10-19(9-14)23-22(27)13-24(5)30(28,29)20-6-7-21-18(12-20)11-16(3)25(21)17(4)26/h6-10,12,16H,11,13H2,1-5H3,(H,23,27). The van der Waals surface area contributed by atoms with Gasteiger partial charge in [0, 0.05) is 31.4 Å². The van der Waals surface area contributed by atoms with E-state index in [1.54, 1.807) is 17.0 Å². The number of fused-ring (bicyclic) bond motifs is 1. The van der Waals surface area contributed by atoms with Crippen LogP contribution in [0.15, 0.2) is 41.3 Å². The summed E-state index contributed by atoms with van der Waals surface area (Å²) in [5.41, 5.74) is 4.21. The molecular formula is C22H27N3O4S. The molecule has 160 valence electrons. The molecule has 7 nitrogen and oxygen atoms in total. The van der Waals surface area contributed by atoms with Crippen molar-refractivity contribution >= 4 is 33.2 Å². The molecule has 0 fully saturated rings. The number of carbonyl (C=O) groups is 2. The van der Waals surface area contributed by atoms with Crippen molar-refractivity contribution in [1.29, 1.82) is 0 Å². The first-order chi connectivity index (χ1) is 14.0. The third-order valence-corrected chi connectivity index (χ3v) is 6.99. The van der Waals surface area contributed by atoms with Gasteiger partial charge >= 0.3 is 0 Å². The number of amides is 2. The van der Waals surface area contributed by atoms with Crippen molar-refractivity contribution in [1.82, 2.24) is 4.31 Å². The van der Waals surface area contributed by atoms with E-state index in [0.29, 0.717) is 12.1 Å². The zero-order valence-corrected chi connectivity index (χ0v) is 18.7. The third kappa shape index (κ3) is 4.39. The molecular weight excluding hydrogens is 402 g/mol. The van der Waals surface area contributed by atoms with Crippen molar-refractivity contribution in [2.24, 2.45) is 0 Å². The van der Waals surface area contributed by atoms with Gasteiger partial charge in [0.05, 0.1) is 11.4 Å². The molecule has 1 unspecified atom stereocenters. The fraction of sp³-hybridized carbons (Fsp3) is 0.364. The third-order valence-electron chi connectivity index (χ3n) is 5.19.